The molecule has 18 heavy (non-hydrogen) atoms. The maximum atomic E-state index is 13.4. The van der Waals surface area contributed by atoms with Crippen molar-refractivity contribution in [3.05, 3.63) is 29.6 Å². The zero-order chi connectivity index (χ0) is 13.9. The van der Waals surface area contributed by atoms with Gasteiger partial charge in [0.25, 0.3) is 5.91 Å². The Balaban J connectivity index is 3.01. The third-order valence-electron chi connectivity index (χ3n) is 2.32. The second kappa shape index (κ2) is 5.39. The molecule has 0 radical (unpaired) electrons. The maximum absolute atomic E-state index is 13.4. The van der Waals surface area contributed by atoms with Gasteiger partial charge in [-0.1, -0.05) is 0 Å². The van der Waals surface area contributed by atoms with Crippen LogP contribution in [0.25, 0.3) is 0 Å². The van der Waals surface area contributed by atoms with Crippen molar-refractivity contribution in [2.45, 2.75) is 26.4 Å². The highest BCUT2D eigenvalue weighted by atomic mass is 19.2. The van der Waals surface area contributed by atoms with Gasteiger partial charge in [-0.3, -0.25) is 4.79 Å². The van der Waals surface area contributed by atoms with Crippen molar-refractivity contribution >= 4 is 5.91 Å². The molecule has 1 aromatic heterocycles. The molecule has 0 aliphatic rings. The van der Waals surface area contributed by atoms with E-state index in [9.17, 15) is 18.7 Å². The minimum atomic E-state index is -1.31. The van der Waals surface area contributed by atoms with Crippen LogP contribution in [0.3, 0.4) is 0 Å². The lowest BCUT2D eigenvalue weighted by Gasteiger charge is -2.28. The van der Waals surface area contributed by atoms with E-state index in [0.29, 0.717) is 0 Å². The molecule has 0 spiro atoms. The highest BCUT2D eigenvalue weighted by Crippen LogP contribution is 2.14. The molecule has 0 aromatic carbocycles. The summed E-state index contributed by atoms with van der Waals surface area (Å²) < 4.78 is 26.4. The number of halogens is 2. The summed E-state index contributed by atoms with van der Waals surface area (Å²) in [6.45, 7) is 5.08. The normalized spacial score (nSPS) is 11.4. The molecule has 100 valence electrons. The number of likely N-dealkylation sites (N-methyl/N-ethyl adjacent to an activating group) is 1. The fourth-order valence-electron chi connectivity index (χ4n) is 1.55. The summed E-state index contributed by atoms with van der Waals surface area (Å²) in [6, 6.07) is 1.12. The van der Waals surface area contributed by atoms with Gasteiger partial charge in [-0.25, -0.2) is 9.37 Å². The molecule has 0 unspecified atom stereocenters. The predicted molar refractivity (Wildman–Crippen MR) is 62.0 cm³/mol. The number of nitrogens with zero attached hydrogens (tertiary/aromatic N) is 2. The molecule has 0 saturated heterocycles. The smallest absolute Gasteiger partial charge is 0.257 e. The summed E-state index contributed by atoms with van der Waals surface area (Å²) in [5.41, 5.74) is -1.48. The average Bonchev–Trinajstić information content (AvgIpc) is 2.27. The van der Waals surface area contributed by atoms with Crippen LogP contribution in [0, 0.1) is 11.8 Å². The molecule has 0 atom stereocenters. The zero-order valence-electron chi connectivity index (χ0n) is 10.6. The molecular weight excluding hydrogens is 242 g/mol. The minimum absolute atomic E-state index is 0.0334. The molecule has 0 aliphatic carbocycles. The lowest BCUT2D eigenvalue weighted by Crippen LogP contribution is -2.42. The Morgan fingerprint density at radius 1 is 1.50 bits per heavy atom. The van der Waals surface area contributed by atoms with E-state index >= 15 is 0 Å². The zero-order valence-corrected chi connectivity index (χ0v) is 10.6. The van der Waals surface area contributed by atoms with E-state index in [2.05, 4.69) is 4.98 Å². The Labute approximate surface area is 104 Å². The van der Waals surface area contributed by atoms with Crippen LogP contribution in [0.5, 0.6) is 0 Å². The topological polar surface area (TPSA) is 53.4 Å². The average molecular weight is 258 g/mol. The predicted octanol–water partition coefficient (Wildman–Crippen LogP) is 1.59. The molecule has 0 saturated carbocycles. The number of carbonyl (C=O) groups is 1. The van der Waals surface area contributed by atoms with Crippen molar-refractivity contribution in [3.8, 4) is 0 Å². The Morgan fingerprint density at radius 3 is 2.61 bits per heavy atom. The number of pyridine rings is 1. The van der Waals surface area contributed by atoms with E-state index in [4.69, 9.17) is 0 Å². The van der Waals surface area contributed by atoms with Crippen molar-refractivity contribution in [1.82, 2.24) is 9.88 Å². The number of rotatable bonds is 4. The second-order valence-corrected chi connectivity index (χ2v) is 4.60. The third kappa shape index (κ3) is 3.46. The first-order valence-corrected chi connectivity index (χ1v) is 5.58. The molecular formula is C12H16F2N2O2. The van der Waals surface area contributed by atoms with Crippen LogP contribution >= 0.6 is 0 Å². The van der Waals surface area contributed by atoms with Crippen molar-refractivity contribution in [2.75, 3.05) is 13.1 Å². The molecule has 0 bridgehead atoms. The second-order valence-electron chi connectivity index (χ2n) is 4.60. The number of aliphatic hydroxyl groups is 1. The first-order chi connectivity index (χ1) is 8.26. The monoisotopic (exact) mass is 258 g/mol. The summed E-state index contributed by atoms with van der Waals surface area (Å²) in [7, 11) is 0. The lowest BCUT2D eigenvalue weighted by atomic mass is 10.1. The maximum Gasteiger partial charge on any atom is 0.257 e. The number of amides is 1. The summed E-state index contributed by atoms with van der Waals surface area (Å²) in [5.74, 6) is -3.24. The van der Waals surface area contributed by atoms with Gasteiger partial charge >= 0.3 is 0 Å². The van der Waals surface area contributed by atoms with Crippen LogP contribution < -0.4 is 0 Å². The van der Waals surface area contributed by atoms with Gasteiger partial charge in [-0.15, -0.1) is 0 Å². The fourth-order valence-corrected chi connectivity index (χ4v) is 1.55. The van der Waals surface area contributed by atoms with Gasteiger partial charge in [0.2, 0.25) is 5.95 Å². The van der Waals surface area contributed by atoms with E-state index in [0.717, 1.165) is 12.3 Å². The molecule has 1 rings (SSSR count). The Hall–Kier alpha value is -1.56. The Kier molecular flexibility index (Phi) is 4.34. The van der Waals surface area contributed by atoms with Crippen LogP contribution in [0.15, 0.2) is 12.3 Å². The van der Waals surface area contributed by atoms with Crippen LogP contribution in [-0.2, 0) is 0 Å². The van der Waals surface area contributed by atoms with Crippen molar-refractivity contribution in [1.29, 1.82) is 0 Å². The van der Waals surface area contributed by atoms with Gasteiger partial charge in [0.15, 0.2) is 5.82 Å². The molecule has 1 amide bonds. The highest BCUT2D eigenvalue weighted by Gasteiger charge is 2.25. The largest absolute Gasteiger partial charge is 0.389 e. The Morgan fingerprint density at radius 2 is 2.11 bits per heavy atom. The lowest BCUT2D eigenvalue weighted by molar-refractivity contribution is 0.0311. The van der Waals surface area contributed by atoms with E-state index in [1.807, 2.05) is 0 Å². The summed E-state index contributed by atoms with van der Waals surface area (Å²) in [4.78, 5) is 16.4. The molecule has 1 N–H and O–H groups in total. The van der Waals surface area contributed by atoms with Gasteiger partial charge in [0.1, 0.15) is 0 Å². The van der Waals surface area contributed by atoms with E-state index in [-0.39, 0.29) is 18.7 Å². The van der Waals surface area contributed by atoms with Crippen molar-refractivity contribution in [3.63, 3.8) is 0 Å². The van der Waals surface area contributed by atoms with Crippen LogP contribution in [0.1, 0.15) is 31.1 Å². The summed E-state index contributed by atoms with van der Waals surface area (Å²) in [6.07, 6.45) is 1.03. The van der Waals surface area contributed by atoms with Gasteiger partial charge in [0, 0.05) is 19.3 Å². The number of hydrogen-bond donors (Lipinski definition) is 1. The standard InChI is InChI=1S/C12H16F2N2O2/c1-4-16(7-12(2,3)18)11(17)8-5-6-15-10(14)9(8)13/h5-6,18H,4,7H2,1-3H3. The number of hydrogen-bond acceptors (Lipinski definition) is 3. The quantitative estimate of drug-likeness (QED) is 0.834. The van der Waals surface area contributed by atoms with Gasteiger partial charge in [0.05, 0.1) is 11.2 Å². The molecule has 0 fully saturated rings. The van der Waals surface area contributed by atoms with Crippen LogP contribution in [-0.4, -0.2) is 39.6 Å². The fraction of sp³-hybridized carbons (Fsp3) is 0.500. The molecule has 6 heteroatoms. The number of aromatic nitrogens is 1. The van der Waals surface area contributed by atoms with Crippen molar-refractivity contribution < 1.29 is 18.7 Å². The van der Waals surface area contributed by atoms with E-state index in [1.165, 1.54) is 18.7 Å². The summed E-state index contributed by atoms with van der Waals surface area (Å²) >= 11 is 0. The third-order valence-corrected chi connectivity index (χ3v) is 2.32. The highest BCUT2D eigenvalue weighted by molar-refractivity contribution is 5.94. The SMILES string of the molecule is CCN(CC(C)(C)O)C(=O)c1ccnc(F)c1F. The van der Waals surface area contributed by atoms with Gasteiger partial charge in [-0.05, 0) is 26.8 Å². The Bertz CT molecular complexity index is 444. The van der Waals surface area contributed by atoms with E-state index < -0.39 is 23.3 Å². The molecule has 4 nitrogen and oxygen atoms in total. The molecule has 1 heterocycles. The van der Waals surface area contributed by atoms with Crippen molar-refractivity contribution in [2.24, 2.45) is 0 Å². The van der Waals surface area contributed by atoms with E-state index in [1.54, 1.807) is 6.92 Å². The van der Waals surface area contributed by atoms with Gasteiger partial charge in [-0.2, -0.15) is 4.39 Å². The first-order valence-electron chi connectivity index (χ1n) is 5.58. The van der Waals surface area contributed by atoms with Crippen LogP contribution in [0.2, 0.25) is 0 Å². The summed E-state index contributed by atoms with van der Waals surface area (Å²) in [5, 5.41) is 9.66. The van der Waals surface area contributed by atoms with Crippen LogP contribution in [0.4, 0.5) is 8.78 Å². The molecule has 0 aliphatic heterocycles. The first kappa shape index (κ1) is 14.5. The van der Waals surface area contributed by atoms with Gasteiger partial charge < -0.3 is 10.0 Å². The molecule has 1 aromatic rings. The number of carbonyl (C=O) groups excluding carboxylic acids is 1. The minimum Gasteiger partial charge on any atom is -0.389 e.